The Balaban J connectivity index is 2.86. The maximum Gasteiger partial charge on any atom is 0.389 e. The highest BCUT2D eigenvalue weighted by atomic mass is 16.6. The van der Waals surface area contributed by atoms with Gasteiger partial charge in [-0.3, -0.25) is 10.2 Å². The first kappa shape index (κ1) is 10.1. The van der Waals surface area contributed by atoms with Crippen LogP contribution in [0.25, 0.3) is 0 Å². The van der Waals surface area contributed by atoms with Crippen molar-refractivity contribution < 1.29 is 9.72 Å². The summed E-state index contributed by atoms with van der Waals surface area (Å²) >= 11 is 0. The second-order valence-electron chi connectivity index (χ2n) is 2.60. The monoisotopic (exact) mass is 199 g/mol. The molecule has 14 heavy (non-hydrogen) atoms. The van der Waals surface area contributed by atoms with Gasteiger partial charge < -0.3 is 10.1 Å². The predicted molar refractivity (Wildman–Crippen MR) is 45.9 cm³/mol. The average molecular weight is 199 g/mol. The molecular weight excluding hydrogens is 190 g/mol. The lowest BCUT2D eigenvalue weighted by molar-refractivity contribution is -0.389. The van der Waals surface area contributed by atoms with Gasteiger partial charge in [-0.25, -0.2) is 5.84 Å². The van der Waals surface area contributed by atoms with Crippen LogP contribution < -0.4 is 11.3 Å². The maximum absolute atomic E-state index is 11.0. The first-order chi connectivity index (χ1) is 6.56. The summed E-state index contributed by atoms with van der Waals surface area (Å²) in [5.41, 5.74) is 1.93. The highest BCUT2D eigenvalue weighted by Crippen LogP contribution is 2.10. The van der Waals surface area contributed by atoms with Crippen molar-refractivity contribution in [3.8, 4) is 0 Å². The molecule has 3 N–H and O–H groups in total. The Morgan fingerprint density at radius 3 is 2.93 bits per heavy atom. The first-order valence-corrected chi connectivity index (χ1v) is 3.76. The van der Waals surface area contributed by atoms with Crippen molar-refractivity contribution in [2.24, 2.45) is 5.84 Å². The van der Waals surface area contributed by atoms with Crippen LogP contribution in [0.5, 0.6) is 0 Å². The number of nitro groups is 1. The van der Waals surface area contributed by atoms with Gasteiger partial charge in [0, 0.05) is 0 Å². The molecule has 8 nitrogen and oxygen atoms in total. The van der Waals surface area contributed by atoms with Crippen molar-refractivity contribution in [1.29, 1.82) is 0 Å². The molecule has 1 rings (SSSR count). The zero-order chi connectivity index (χ0) is 10.7. The number of amides is 1. The van der Waals surface area contributed by atoms with E-state index in [2.05, 4.69) is 5.10 Å². The van der Waals surface area contributed by atoms with Crippen LogP contribution in [0.4, 0.5) is 5.82 Å². The number of nitrogens with one attached hydrogen (secondary N) is 1. The summed E-state index contributed by atoms with van der Waals surface area (Å²) in [6.07, 6.45) is 1.35. The molecule has 0 radical (unpaired) electrons. The third-order valence-electron chi connectivity index (χ3n) is 1.70. The van der Waals surface area contributed by atoms with Crippen molar-refractivity contribution in [2.45, 2.75) is 13.0 Å². The van der Waals surface area contributed by atoms with Crippen LogP contribution in [0, 0.1) is 10.1 Å². The van der Waals surface area contributed by atoms with E-state index in [0.717, 1.165) is 0 Å². The van der Waals surface area contributed by atoms with Crippen molar-refractivity contribution >= 4 is 11.7 Å². The van der Waals surface area contributed by atoms with Crippen LogP contribution in [0.2, 0.25) is 0 Å². The second kappa shape index (κ2) is 3.83. The van der Waals surface area contributed by atoms with E-state index in [-0.39, 0.29) is 5.82 Å². The summed E-state index contributed by atoms with van der Waals surface area (Å²) in [6, 6.07) is 0.536. The minimum atomic E-state index is -0.673. The number of carbonyl (C=O) groups excluding carboxylic acids is 1. The smallest absolute Gasteiger partial charge is 0.358 e. The number of rotatable bonds is 3. The van der Waals surface area contributed by atoms with E-state index in [1.54, 1.807) is 0 Å². The fourth-order valence-corrected chi connectivity index (χ4v) is 0.882. The van der Waals surface area contributed by atoms with Gasteiger partial charge in [-0.1, -0.05) is 0 Å². The van der Waals surface area contributed by atoms with E-state index in [1.165, 1.54) is 23.9 Å². The fraction of sp³-hybridized carbons (Fsp3) is 0.333. The summed E-state index contributed by atoms with van der Waals surface area (Å²) in [5, 5.41) is 13.9. The molecule has 0 fully saturated rings. The molecule has 0 aliphatic rings. The molecule has 0 saturated carbocycles. The summed E-state index contributed by atoms with van der Waals surface area (Å²) in [4.78, 5) is 20.7. The summed E-state index contributed by atoms with van der Waals surface area (Å²) in [6.45, 7) is 1.53. The molecule has 76 valence electrons. The van der Waals surface area contributed by atoms with Gasteiger partial charge in [0.05, 0.1) is 17.4 Å². The number of hydrogen-bond acceptors (Lipinski definition) is 5. The van der Waals surface area contributed by atoms with Crippen LogP contribution in [0.1, 0.15) is 13.0 Å². The Morgan fingerprint density at radius 2 is 2.50 bits per heavy atom. The molecule has 0 bridgehead atoms. The number of hydrazine groups is 1. The maximum atomic E-state index is 11.0. The van der Waals surface area contributed by atoms with E-state index in [1.807, 2.05) is 5.43 Å². The molecule has 8 heteroatoms. The van der Waals surface area contributed by atoms with E-state index in [0.29, 0.717) is 0 Å². The minimum Gasteiger partial charge on any atom is -0.358 e. The van der Waals surface area contributed by atoms with Crippen LogP contribution in [0.3, 0.4) is 0 Å². The molecule has 0 saturated heterocycles. The normalized spacial score (nSPS) is 12.1. The number of aromatic nitrogens is 2. The van der Waals surface area contributed by atoms with Crippen molar-refractivity contribution in [2.75, 3.05) is 0 Å². The molecule has 1 atom stereocenters. The quantitative estimate of drug-likeness (QED) is 0.290. The van der Waals surface area contributed by atoms with Gasteiger partial charge >= 0.3 is 5.82 Å². The van der Waals surface area contributed by atoms with Crippen LogP contribution in [-0.2, 0) is 4.79 Å². The third-order valence-corrected chi connectivity index (χ3v) is 1.70. The molecule has 1 unspecified atom stereocenters. The molecule has 1 amide bonds. The zero-order valence-corrected chi connectivity index (χ0v) is 7.38. The Labute approximate surface area is 78.8 Å². The van der Waals surface area contributed by atoms with Gasteiger partial charge in [-0.05, 0) is 11.8 Å². The van der Waals surface area contributed by atoms with Gasteiger partial charge in [-0.15, -0.1) is 0 Å². The lowest BCUT2D eigenvalue weighted by Gasteiger charge is -2.05. The highest BCUT2D eigenvalue weighted by molar-refractivity contribution is 5.79. The highest BCUT2D eigenvalue weighted by Gasteiger charge is 2.20. The van der Waals surface area contributed by atoms with Crippen molar-refractivity contribution in [1.82, 2.24) is 15.2 Å². The molecule has 0 aliphatic heterocycles. The molecule has 0 aliphatic carbocycles. The van der Waals surface area contributed by atoms with Crippen LogP contribution in [-0.4, -0.2) is 20.6 Å². The molecule has 0 aromatic carbocycles. The standard InChI is InChI=1S/C6H9N5O3/c1-4(6(12)8-7)10-3-2-5(9-10)11(13)14/h2-4H,7H2,1H3,(H,8,12). The lowest BCUT2D eigenvalue weighted by Crippen LogP contribution is -2.36. The number of nitrogens with two attached hydrogens (primary N) is 1. The van der Waals surface area contributed by atoms with Gasteiger partial charge in [0.25, 0.3) is 5.91 Å². The number of carbonyl (C=O) groups is 1. The fourth-order valence-electron chi connectivity index (χ4n) is 0.882. The Hall–Kier alpha value is -1.96. The Morgan fingerprint density at radius 1 is 1.86 bits per heavy atom. The third kappa shape index (κ3) is 1.85. The van der Waals surface area contributed by atoms with Crippen molar-refractivity contribution in [3.05, 3.63) is 22.4 Å². The molecule has 1 aromatic rings. The average Bonchev–Trinajstić information content (AvgIpc) is 2.64. The van der Waals surface area contributed by atoms with Gasteiger partial charge in [0.1, 0.15) is 6.04 Å². The lowest BCUT2D eigenvalue weighted by atomic mass is 10.3. The van der Waals surface area contributed by atoms with E-state index in [9.17, 15) is 14.9 Å². The van der Waals surface area contributed by atoms with Crippen LogP contribution >= 0.6 is 0 Å². The molecular formula is C6H9N5O3. The second-order valence-corrected chi connectivity index (χ2v) is 2.60. The minimum absolute atomic E-state index is 0.304. The SMILES string of the molecule is CC(C(=O)NN)n1ccc([N+](=O)[O-])n1. The largest absolute Gasteiger partial charge is 0.389 e. The van der Waals surface area contributed by atoms with Gasteiger partial charge in [0.2, 0.25) is 0 Å². The summed E-state index contributed by atoms with van der Waals surface area (Å²) in [5.74, 6) is 4.13. The van der Waals surface area contributed by atoms with Crippen molar-refractivity contribution in [3.63, 3.8) is 0 Å². The predicted octanol–water partition coefficient (Wildman–Crippen LogP) is -0.658. The summed E-state index contributed by atoms with van der Waals surface area (Å²) < 4.78 is 1.17. The van der Waals surface area contributed by atoms with Gasteiger partial charge in [0.15, 0.2) is 0 Å². The van der Waals surface area contributed by atoms with Crippen LogP contribution in [0.15, 0.2) is 12.3 Å². The number of hydrogen-bond donors (Lipinski definition) is 2. The summed E-state index contributed by atoms with van der Waals surface area (Å²) in [7, 11) is 0. The van der Waals surface area contributed by atoms with Gasteiger partial charge in [-0.2, -0.15) is 4.68 Å². The number of nitrogens with zero attached hydrogens (tertiary/aromatic N) is 3. The van der Waals surface area contributed by atoms with E-state index < -0.39 is 16.9 Å². The Kier molecular flexibility index (Phi) is 2.77. The van der Waals surface area contributed by atoms with E-state index >= 15 is 0 Å². The molecule has 1 aromatic heterocycles. The topological polar surface area (TPSA) is 116 Å². The molecule has 1 heterocycles. The Bertz CT molecular complexity index is 360. The molecule has 0 spiro atoms. The van der Waals surface area contributed by atoms with E-state index in [4.69, 9.17) is 5.84 Å². The first-order valence-electron chi connectivity index (χ1n) is 3.76. The zero-order valence-electron chi connectivity index (χ0n) is 7.38.